The molecule has 2 heterocycles. The van der Waals surface area contributed by atoms with E-state index in [-0.39, 0.29) is 12.3 Å². The minimum Gasteiger partial charge on any atom is -0.481 e. The van der Waals surface area contributed by atoms with E-state index in [1.165, 1.54) is 11.3 Å². The quantitative estimate of drug-likeness (QED) is 0.453. The Kier molecular flexibility index (Phi) is 5.47. The summed E-state index contributed by atoms with van der Waals surface area (Å²) in [5.74, 6) is -1.18. The van der Waals surface area contributed by atoms with Gasteiger partial charge in [0.05, 0.1) is 28.3 Å². The number of thiocarbonyl (C=S) groups is 1. The number of anilines is 1. The topological polar surface area (TPSA) is 103 Å². The molecule has 0 saturated carbocycles. The number of thiazole rings is 1. The number of hydrogen-bond acceptors (Lipinski definition) is 5. The zero-order chi connectivity index (χ0) is 21.3. The number of carbonyl (C=O) groups is 2. The molecule has 0 saturated heterocycles. The maximum absolute atomic E-state index is 13.2. The van der Waals surface area contributed by atoms with Crippen molar-refractivity contribution in [1.82, 2.24) is 15.6 Å². The number of benzene rings is 2. The van der Waals surface area contributed by atoms with Crippen molar-refractivity contribution in [1.29, 1.82) is 0 Å². The number of aliphatic carboxylic acids is 1. The highest BCUT2D eigenvalue weighted by Gasteiger charge is 2.30. The van der Waals surface area contributed by atoms with E-state index in [2.05, 4.69) is 20.9 Å². The second-order valence-corrected chi connectivity index (χ2v) is 8.26. The van der Waals surface area contributed by atoms with Crippen LogP contribution in [0.1, 0.15) is 24.1 Å². The minimum atomic E-state index is -0.893. The van der Waals surface area contributed by atoms with Gasteiger partial charge >= 0.3 is 5.97 Å². The molecular weight excluding hydrogens is 420 g/mol. The summed E-state index contributed by atoms with van der Waals surface area (Å²) in [6.45, 7) is 1.80. The molecule has 1 unspecified atom stereocenters. The van der Waals surface area contributed by atoms with Crippen molar-refractivity contribution < 1.29 is 14.7 Å². The molecule has 0 aliphatic carbocycles. The van der Waals surface area contributed by atoms with E-state index in [4.69, 9.17) is 17.3 Å². The lowest BCUT2D eigenvalue weighted by molar-refractivity contribution is -0.136. The summed E-state index contributed by atoms with van der Waals surface area (Å²) in [6.07, 6.45) is -0.0574. The van der Waals surface area contributed by atoms with Crippen LogP contribution in [0.5, 0.6) is 0 Å². The Morgan fingerprint density at radius 2 is 1.93 bits per heavy atom. The maximum Gasteiger partial charge on any atom is 0.307 e. The molecule has 1 aliphatic rings. The van der Waals surface area contributed by atoms with E-state index in [9.17, 15) is 9.59 Å². The summed E-state index contributed by atoms with van der Waals surface area (Å²) in [4.78, 5) is 28.5. The molecule has 9 heteroatoms. The molecule has 0 fully saturated rings. The predicted molar refractivity (Wildman–Crippen MR) is 120 cm³/mol. The summed E-state index contributed by atoms with van der Waals surface area (Å²) in [7, 11) is 0. The number of fused-ring (bicyclic) bond motifs is 1. The molecule has 1 aliphatic heterocycles. The third-order valence-electron chi connectivity index (χ3n) is 4.70. The van der Waals surface area contributed by atoms with Gasteiger partial charge in [0.1, 0.15) is 0 Å². The minimum absolute atomic E-state index is 0.0574. The van der Waals surface area contributed by atoms with Gasteiger partial charge in [-0.15, -0.1) is 0 Å². The van der Waals surface area contributed by atoms with E-state index >= 15 is 0 Å². The monoisotopic (exact) mass is 438 g/mol. The summed E-state index contributed by atoms with van der Waals surface area (Å²) >= 11 is 6.69. The number of nitrogens with zero attached hydrogens (tertiary/aromatic N) is 1. The molecule has 3 aromatic rings. The van der Waals surface area contributed by atoms with E-state index < -0.39 is 12.0 Å². The van der Waals surface area contributed by atoms with E-state index in [0.717, 1.165) is 15.8 Å². The van der Waals surface area contributed by atoms with Crippen molar-refractivity contribution in [2.45, 2.75) is 19.4 Å². The Bertz CT molecular complexity index is 1150. The van der Waals surface area contributed by atoms with Crippen molar-refractivity contribution in [2.24, 2.45) is 0 Å². The van der Waals surface area contributed by atoms with E-state index in [1.807, 2.05) is 36.4 Å². The second kappa shape index (κ2) is 8.21. The zero-order valence-corrected chi connectivity index (χ0v) is 17.6. The molecule has 152 valence electrons. The van der Waals surface area contributed by atoms with Crippen LogP contribution in [0.3, 0.4) is 0 Å². The molecule has 0 radical (unpaired) electrons. The van der Waals surface area contributed by atoms with Crippen LogP contribution in [0.15, 0.2) is 59.8 Å². The molecule has 7 nitrogen and oxygen atoms in total. The zero-order valence-electron chi connectivity index (χ0n) is 15.9. The van der Waals surface area contributed by atoms with Crippen LogP contribution in [0.4, 0.5) is 5.13 Å². The van der Waals surface area contributed by atoms with Crippen LogP contribution in [-0.2, 0) is 16.0 Å². The average molecular weight is 439 g/mol. The Hall–Kier alpha value is -3.30. The Labute approximate surface area is 181 Å². The van der Waals surface area contributed by atoms with Crippen LogP contribution >= 0.6 is 23.6 Å². The van der Waals surface area contributed by atoms with Crippen LogP contribution in [0.25, 0.3) is 10.2 Å². The molecule has 4 N–H and O–H groups in total. The summed E-state index contributed by atoms with van der Waals surface area (Å²) in [5.41, 5.74) is 3.46. The first kappa shape index (κ1) is 20.0. The second-order valence-electron chi connectivity index (χ2n) is 6.82. The predicted octanol–water partition coefficient (Wildman–Crippen LogP) is 3.35. The van der Waals surface area contributed by atoms with Gasteiger partial charge in [0, 0.05) is 5.70 Å². The first-order chi connectivity index (χ1) is 14.4. The van der Waals surface area contributed by atoms with Gasteiger partial charge in [0.2, 0.25) is 0 Å². The Morgan fingerprint density at radius 3 is 2.63 bits per heavy atom. The number of rotatable bonds is 5. The van der Waals surface area contributed by atoms with Crippen LogP contribution in [0.2, 0.25) is 0 Å². The molecule has 0 spiro atoms. The van der Waals surface area contributed by atoms with Gasteiger partial charge in [-0.2, -0.15) is 0 Å². The number of carbonyl (C=O) groups excluding carboxylic acids is 1. The lowest BCUT2D eigenvalue weighted by Gasteiger charge is -2.30. The van der Waals surface area contributed by atoms with Gasteiger partial charge in [0.25, 0.3) is 5.91 Å². The molecular formula is C21H18N4O3S2. The largest absolute Gasteiger partial charge is 0.481 e. The fourth-order valence-corrected chi connectivity index (χ4v) is 4.47. The highest BCUT2D eigenvalue weighted by molar-refractivity contribution is 7.80. The normalized spacial score (nSPS) is 16.2. The van der Waals surface area contributed by atoms with Crippen molar-refractivity contribution >= 4 is 55.9 Å². The number of allylic oxidation sites excluding steroid dienone is 1. The number of carboxylic acid groups (broad SMARTS) is 1. The van der Waals surface area contributed by atoms with Gasteiger partial charge < -0.3 is 15.7 Å². The highest BCUT2D eigenvalue weighted by Crippen LogP contribution is 2.30. The first-order valence-corrected chi connectivity index (χ1v) is 10.4. The summed E-state index contributed by atoms with van der Waals surface area (Å²) < 4.78 is 0.991. The molecule has 1 atom stereocenters. The standard InChI is InChI=1S/C21H18N4O3S2/c1-11-17(19(28)25-21-23-14-4-2-3-5-15(14)30-21)18(24-20(29)22-11)13-8-6-12(7-9-13)10-16(26)27/h2-9,18H,10H2,1H3,(H,26,27)(H2,22,24,29)(H,23,25,28). The molecule has 30 heavy (non-hydrogen) atoms. The number of para-hydroxylation sites is 1. The number of amides is 1. The van der Waals surface area contributed by atoms with E-state index in [0.29, 0.717) is 27.1 Å². The lowest BCUT2D eigenvalue weighted by atomic mass is 9.94. The molecule has 1 amide bonds. The van der Waals surface area contributed by atoms with Gasteiger partial charge in [-0.1, -0.05) is 47.7 Å². The Balaban J connectivity index is 1.62. The van der Waals surface area contributed by atoms with Gasteiger partial charge in [0.15, 0.2) is 10.2 Å². The lowest BCUT2D eigenvalue weighted by Crippen LogP contribution is -2.45. The number of aromatic nitrogens is 1. The molecule has 1 aromatic heterocycles. The van der Waals surface area contributed by atoms with Crippen LogP contribution in [0, 0.1) is 0 Å². The SMILES string of the molecule is CC1=C(C(=O)Nc2nc3ccccc3s2)C(c2ccc(CC(=O)O)cc2)NC(=S)N1. The fraction of sp³-hybridized carbons (Fsp3) is 0.143. The van der Waals surface area contributed by atoms with Crippen molar-refractivity contribution in [2.75, 3.05) is 5.32 Å². The molecule has 2 aromatic carbocycles. The van der Waals surface area contributed by atoms with Crippen molar-refractivity contribution in [3.8, 4) is 0 Å². The third-order valence-corrected chi connectivity index (χ3v) is 5.87. The van der Waals surface area contributed by atoms with Gasteiger partial charge in [-0.05, 0) is 42.4 Å². The van der Waals surface area contributed by atoms with Gasteiger partial charge in [-0.3, -0.25) is 14.9 Å². The number of carboxylic acids is 1. The smallest absolute Gasteiger partial charge is 0.307 e. The fourth-order valence-electron chi connectivity index (χ4n) is 3.34. The third kappa shape index (κ3) is 4.17. The number of hydrogen-bond donors (Lipinski definition) is 4. The highest BCUT2D eigenvalue weighted by atomic mass is 32.1. The first-order valence-electron chi connectivity index (χ1n) is 9.16. The summed E-state index contributed by atoms with van der Waals surface area (Å²) in [6, 6.07) is 14.3. The van der Waals surface area contributed by atoms with Crippen molar-refractivity contribution in [3.63, 3.8) is 0 Å². The van der Waals surface area contributed by atoms with Gasteiger partial charge in [-0.25, -0.2) is 4.98 Å². The molecule has 4 rings (SSSR count). The van der Waals surface area contributed by atoms with Crippen LogP contribution < -0.4 is 16.0 Å². The van der Waals surface area contributed by atoms with E-state index in [1.54, 1.807) is 19.1 Å². The maximum atomic E-state index is 13.2. The summed E-state index contributed by atoms with van der Waals surface area (Å²) in [5, 5.41) is 18.9. The molecule has 0 bridgehead atoms. The Morgan fingerprint density at radius 1 is 1.20 bits per heavy atom. The average Bonchev–Trinajstić information content (AvgIpc) is 3.09. The van der Waals surface area contributed by atoms with Crippen LogP contribution in [-0.4, -0.2) is 27.1 Å². The number of nitrogens with one attached hydrogen (secondary N) is 3. The van der Waals surface area contributed by atoms with Crippen molar-refractivity contribution in [3.05, 3.63) is 70.9 Å².